The molecule has 23 rings (SSSR count). The second-order valence-corrected chi connectivity index (χ2v) is 37.8. The molecule has 5 saturated heterocycles. The Balaban J connectivity index is 0.000000102. The SMILES string of the molecule is CN1CCN([C@@H]2CCC3=CC4=CC[C@]5(C)[C@@H](c6ccc7ccncc7c6)CC[C@H]5[C@@]45CC[C@]3(C2)O5)CC1.CN1CCN([C@H]2CCC3=CC4=CC[C@]5(C)[C@@H](c6ccc7ccncc7c6)CC[C@H]5[C@@]45CC[C@]3(C2)O5)CC1.C[C@]12CC=C3C=C4CCC(=O)C[C@]45CC[C@]3(O5)[C@@H]1CC[C@@H]2c1ccc2ccncc2c1. The van der Waals surface area contributed by atoms with Gasteiger partial charge in [-0.25, -0.2) is 0 Å². The maximum Gasteiger partial charge on any atom is 0.136 e. The second-order valence-electron chi connectivity index (χ2n) is 37.8. The molecule has 3 aromatic carbocycles. The zero-order chi connectivity index (χ0) is 70.5. The number of carbonyl (C=O) groups excluding carboxylic acids is 1. The summed E-state index contributed by atoms with van der Waals surface area (Å²) in [5.74, 6) is 3.82. The Labute approximate surface area is 623 Å². The van der Waals surface area contributed by atoms with Crippen molar-refractivity contribution >= 4 is 38.1 Å². The number of aromatic nitrogens is 3. The number of nitrogens with zero attached hydrogens (tertiary/aromatic N) is 7. The molecule has 11 nitrogen and oxygen atoms in total. The molecule has 3 aromatic heterocycles. The quantitative estimate of drug-likeness (QED) is 0.165. The van der Waals surface area contributed by atoms with Gasteiger partial charge >= 0.3 is 0 Å². The highest BCUT2D eigenvalue weighted by molar-refractivity contribution is 5.85. The van der Waals surface area contributed by atoms with E-state index in [-0.39, 0.29) is 49.9 Å². The first kappa shape index (κ1) is 66.9. The van der Waals surface area contributed by atoms with Crippen molar-refractivity contribution in [3.8, 4) is 0 Å². The number of fused-ring (bicyclic) bond motifs is 6. The van der Waals surface area contributed by atoms with Gasteiger partial charge in [0.25, 0.3) is 0 Å². The van der Waals surface area contributed by atoms with Crippen molar-refractivity contribution in [2.45, 2.75) is 238 Å². The van der Waals surface area contributed by atoms with E-state index in [0.29, 0.717) is 66.2 Å². The van der Waals surface area contributed by atoms with Crippen LogP contribution in [-0.2, 0) is 19.0 Å². The summed E-state index contributed by atoms with van der Waals surface area (Å²) in [6.45, 7) is 17.4. The minimum absolute atomic E-state index is 0.00540. The molecule has 6 aromatic rings. The number of hydrogen-bond acceptors (Lipinski definition) is 11. The molecule has 8 aliphatic heterocycles. The van der Waals surface area contributed by atoms with Gasteiger partial charge in [0.15, 0.2) is 0 Å². The fourth-order valence-electron chi connectivity index (χ4n) is 27.6. The van der Waals surface area contributed by atoms with Crippen LogP contribution in [0.3, 0.4) is 0 Å². The number of Topliss-reactive ketones (excluding diaryl/α,β-unsaturated/α-hetero) is 1. The molecule has 0 amide bonds. The normalized spacial score (nSPS) is 41.4. The highest BCUT2D eigenvalue weighted by Crippen LogP contribution is 2.73. The third-order valence-electron chi connectivity index (χ3n) is 33.1. The number of rotatable bonds is 5. The highest BCUT2D eigenvalue weighted by atomic mass is 16.5. The average Bonchev–Trinajstić information content (AvgIpc) is 1.55. The molecule has 0 unspecified atom stereocenters. The third kappa shape index (κ3) is 10.1. The van der Waals surface area contributed by atoms with Gasteiger partial charge in [-0.2, -0.15) is 0 Å². The summed E-state index contributed by atoms with van der Waals surface area (Å²) in [4.78, 5) is 36.0. The van der Waals surface area contributed by atoms with Gasteiger partial charge < -0.3 is 24.0 Å². The number of hydrogen-bond donors (Lipinski definition) is 0. The molecule has 0 N–H and O–H groups in total. The molecule has 6 spiro atoms. The zero-order valence-electron chi connectivity index (χ0n) is 63.4. The molecule has 11 heterocycles. The van der Waals surface area contributed by atoms with E-state index in [9.17, 15) is 4.79 Å². The summed E-state index contributed by atoms with van der Waals surface area (Å²) in [6.07, 6.45) is 54.8. The Bertz CT molecular complexity index is 4540. The van der Waals surface area contributed by atoms with Gasteiger partial charge in [0.05, 0.1) is 33.6 Å². The van der Waals surface area contributed by atoms with E-state index >= 15 is 0 Å². The molecule has 11 heteroatoms. The van der Waals surface area contributed by atoms with Crippen LogP contribution < -0.4 is 0 Å². The molecule has 546 valence electrons. The van der Waals surface area contributed by atoms with Gasteiger partial charge in [-0.05, 0) is 310 Å². The molecule has 6 saturated carbocycles. The molecule has 17 atom stereocenters. The minimum atomic E-state index is -0.294. The molecular weight excluding hydrogens is 1290 g/mol. The van der Waals surface area contributed by atoms with Crippen LogP contribution in [-0.4, -0.2) is 152 Å². The van der Waals surface area contributed by atoms with Crippen molar-refractivity contribution < 1.29 is 19.0 Å². The van der Waals surface area contributed by atoms with Crippen LogP contribution in [0, 0.1) is 34.0 Å². The van der Waals surface area contributed by atoms with Crippen LogP contribution in [0.4, 0.5) is 0 Å². The molecule has 17 aliphatic rings. The maximum atomic E-state index is 12.4. The summed E-state index contributed by atoms with van der Waals surface area (Å²) in [5, 5.41) is 7.63. The topological polar surface area (TPSA) is 96.4 Å². The van der Waals surface area contributed by atoms with E-state index in [1.54, 1.807) is 22.3 Å². The Hall–Kier alpha value is -6.28. The fraction of sp³-hybridized carbons (Fsp3) is 0.574. The van der Waals surface area contributed by atoms with Gasteiger partial charge in [0.2, 0.25) is 0 Å². The largest absolute Gasteiger partial charge is 0.359 e. The Morgan fingerprint density at radius 2 is 0.752 bits per heavy atom. The number of benzene rings is 3. The smallest absolute Gasteiger partial charge is 0.136 e. The van der Waals surface area contributed by atoms with Crippen LogP contribution in [0.2, 0.25) is 0 Å². The first-order chi connectivity index (χ1) is 51.0. The summed E-state index contributed by atoms with van der Waals surface area (Å²) >= 11 is 0. The minimum Gasteiger partial charge on any atom is -0.359 e. The lowest BCUT2D eigenvalue weighted by Gasteiger charge is -2.55. The van der Waals surface area contributed by atoms with Crippen LogP contribution in [0.15, 0.2) is 180 Å². The van der Waals surface area contributed by atoms with E-state index in [4.69, 9.17) is 14.2 Å². The van der Waals surface area contributed by atoms with Gasteiger partial charge in [0, 0.05) is 131 Å². The Morgan fingerprint density at radius 3 is 1.14 bits per heavy atom. The molecule has 9 aliphatic carbocycles. The van der Waals surface area contributed by atoms with Crippen LogP contribution in [0.25, 0.3) is 32.3 Å². The van der Waals surface area contributed by atoms with Gasteiger partial charge in [-0.1, -0.05) is 93.6 Å². The zero-order valence-corrected chi connectivity index (χ0v) is 63.4. The number of allylic oxidation sites excluding steroid dienone is 3. The number of pyridine rings is 3. The highest BCUT2D eigenvalue weighted by Gasteiger charge is 2.70. The number of likely N-dealkylation sites (N-methyl/N-ethyl adjacent to an activating group) is 2. The summed E-state index contributed by atoms with van der Waals surface area (Å²) < 4.78 is 22.3. The molecule has 11 fully saturated rings. The van der Waals surface area contributed by atoms with E-state index in [1.165, 1.54) is 228 Å². The predicted octanol–water partition coefficient (Wildman–Crippen LogP) is 18.2. The Morgan fingerprint density at radius 1 is 0.390 bits per heavy atom. The number of piperazine rings is 2. The van der Waals surface area contributed by atoms with E-state index in [0.717, 1.165) is 25.7 Å². The van der Waals surface area contributed by atoms with E-state index in [1.807, 2.05) is 37.2 Å². The average molecular weight is 1400 g/mol. The van der Waals surface area contributed by atoms with Crippen LogP contribution >= 0.6 is 0 Å². The van der Waals surface area contributed by atoms with Crippen molar-refractivity contribution in [3.63, 3.8) is 0 Å². The lowest BCUT2D eigenvalue weighted by molar-refractivity contribution is -0.146. The second kappa shape index (κ2) is 24.4. The first-order valence-electron chi connectivity index (χ1n) is 41.7. The lowest BCUT2D eigenvalue weighted by atomic mass is 9.58. The van der Waals surface area contributed by atoms with E-state index in [2.05, 4.69) is 179 Å². The molecular formula is C94H111N7O4. The monoisotopic (exact) mass is 1400 g/mol. The summed E-state index contributed by atoms with van der Waals surface area (Å²) in [6, 6.07) is 29.0. The molecule has 105 heavy (non-hydrogen) atoms. The van der Waals surface area contributed by atoms with Gasteiger partial charge in [-0.3, -0.25) is 29.5 Å². The van der Waals surface area contributed by atoms with Crippen molar-refractivity contribution in [3.05, 3.63) is 197 Å². The Kier molecular flexibility index (Phi) is 15.5. The third-order valence-corrected chi connectivity index (χ3v) is 33.1. The number of ketones is 1. The fourth-order valence-corrected chi connectivity index (χ4v) is 27.6. The van der Waals surface area contributed by atoms with Gasteiger partial charge in [-0.15, -0.1) is 0 Å². The van der Waals surface area contributed by atoms with Crippen molar-refractivity contribution in [1.82, 2.24) is 34.6 Å². The lowest BCUT2D eigenvalue weighted by Crippen LogP contribution is -2.57. The maximum absolute atomic E-state index is 12.4. The number of ether oxygens (including phenoxy) is 3. The van der Waals surface area contributed by atoms with Crippen molar-refractivity contribution in [1.29, 1.82) is 0 Å². The van der Waals surface area contributed by atoms with Crippen LogP contribution in [0.1, 0.15) is 209 Å². The van der Waals surface area contributed by atoms with E-state index < -0.39 is 0 Å². The van der Waals surface area contributed by atoms with Gasteiger partial charge in [0.1, 0.15) is 5.78 Å². The number of carbonyl (C=O) groups is 1. The first-order valence-corrected chi connectivity index (χ1v) is 41.7. The summed E-state index contributed by atoms with van der Waals surface area (Å²) in [7, 11) is 4.53. The standard InChI is InChI=1S/2C33H41N3O.C28H29NO2/c2*1-31-11-9-27-20-26-5-6-28(36-17-15-35(2)16-18-36)21-32(26)12-13-33(27,37-32)30(31)8-7-29(31)24-4-3-23-10-14-34-22-25(23)19-24;1-26-10-8-22-15-21-4-5-23(30)16-27(21)11-12-28(22,31-27)25(26)7-6-24(26)19-3-2-18-9-13-29-17-20(18)14-19/h2*3-4,9-10,14,19-20,22,28-30H,5-8,11-13,15-18,21H2,1-2H3;2-3,8-9,13-15,17,24-25H,4-7,10-12,16H2,1H3/t28-,29+,30+,31+,32+,33+;28-,29-,30-,31-,32-,33-;24-,25-,26-,27-,28-/m011/s1. The summed E-state index contributed by atoms with van der Waals surface area (Å²) in [5.41, 5.74) is 13.7. The molecule has 6 bridgehead atoms. The van der Waals surface area contributed by atoms with Crippen molar-refractivity contribution in [2.75, 3.05) is 66.5 Å². The molecule has 0 radical (unpaired) electrons. The van der Waals surface area contributed by atoms with Crippen molar-refractivity contribution in [2.24, 2.45) is 34.0 Å². The predicted molar refractivity (Wildman–Crippen MR) is 418 cm³/mol. The van der Waals surface area contributed by atoms with Crippen LogP contribution in [0.5, 0.6) is 0 Å².